The average Bonchev–Trinajstić information content (AvgIpc) is 3.19. The second-order valence-corrected chi connectivity index (χ2v) is 10.1. The molecule has 1 aromatic heterocycles. The fourth-order valence-electron chi connectivity index (χ4n) is 4.27. The Kier molecular flexibility index (Phi) is 8.73. The number of fused-ring (bicyclic) bond motifs is 1. The van der Waals surface area contributed by atoms with Crippen molar-refractivity contribution in [1.29, 1.82) is 0 Å². The maximum atomic E-state index is 13.8. The van der Waals surface area contributed by atoms with Crippen LogP contribution in [0.4, 0.5) is 0 Å². The molecule has 200 valence electrons. The van der Waals surface area contributed by atoms with Crippen molar-refractivity contribution in [1.82, 2.24) is 4.57 Å². The molecule has 10 heteroatoms. The number of thiazole rings is 1. The van der Waals surface area contributed by atoms with Crippen molar-refractivity contribution in [3.63, 3.8) is 0 Å². The number of aromatic nitrogens is 1. The average molecular weight is 602 g/mol. The molecule has 0 saturated heterocycles. The van der Waals surface area contributed by atoms with Crippen molar-refractivity contribution in [2.75, 3.05) is 26.9 Å². The van der Waals surface area contributed by atoms with E-state index in [1.54, 1.807) is 37.7 Å². The van der Waals surface area contributed by atoms with Crippen molar-refractivity contribution >= 4 is 39.3 Å². The van der Waals surface area contributed by atoms with E-state index in [1.165, 1.54) is 11.3 Å². The molecular formula is C28H29BrN2O6S. The largest absolute Gasteiger partial charge is 0.493 e. The lowest BCUT2D eigenvalue weighted by Crippen LogP contribution is -2.40. The maximum Gasteiger partial charge on any atom is 0.338 e. The van der Waals surface area contributed by atoms with Crippen molar-refractivity contribution in [2.45, 2.75) is 33.7 Å². The fourth-order valence-corrected chi connectivity index (χ4v) is 5.83. The lowest BCUT2D eigenvalue weighted by molar-refractivity contribution is -0.139. The molecule has 0 bridgehead atoms. The van der Waals surface area contributed by atoms with Gasteiger partial charge in [0.15, 0.2) is 16.3 Å². The van der Waals surface area contributed by atoms with Crippen LogP contribution in [0.15, 0.2) is 61.9 Å². The van der Waals surface area contributed by atoms with E-state index in [4.69, 9.17) is 18.9 Å². The molecule has 0 radical (unpaired) electrons. The molecule has 1 aliphatic heterocycles. The van der Waals surface area contributed by atoms with Crippen LogP contribution in [0.5, 0.6) is 17.2 Å². The van der Waals surface area contributed by atoms with Crippen LogP contribution in [0.3, 0.4) is 0 Å². The van der Waals surface area contributed by atoms with Gasteiger partial charge in [-0.15, -0.1) is 0 Å². The summed E-state index contributed by atoms with van der Waals surface area (Å²) in [6, 6.07) is 10.3. The fraction of sp³-hybridized carbons (Fsp3) is 0.321. The second kappa shape index (κ2) is 12.0. The molecule has 38 heavy (non-hydrogen) atoms. The molecule has 2 heterocycles. The molecule has 0 amide bonds. The van der Waals surface area contributed by atoms with Crippen LogP contribution in [0.1, 0.15) is 44.9 Å². The topological polar surface area (TPSA) is 88.4 Å². The van der Waals surface area contributed by atoms with Crippen molar-refractivity contribution < 1.29 is 23.7 Å². The molecule has 0 unspecified atom stereocenters. The lowest BCUT2D eigenvalue weighted by Gasteiger charge is -2.25. The molecule has 1 atom stereocenters. The third kappa shape index (κ3) is 5.42. The molecule has 3 aromatic rings. The smallest absolute Gasteiger partial charge is 0.338 e. The molecule has 8 nitrogen and oxygen atoms in total. The summed E-state index contributed by atoms with van der Waals surface area (Å²) < 4.78 is 25.0. The van der Waals surface area contributed by atoms with Gasteiger partial charge >= 0.3 is 5.97 Å². The van der Waals surface area contributed by atoms with Gasteiger partial charge in [-0.2, -0.15) is 0 Å². The Bertz CT molecular complexity index is 1570. The third-order valence-corrected chi connectivity index (χ3v) is 7.48. The highest BCUT2D eigenvalue weighted by Crippen LogP contribution is 2.36. The minimum atomic E-state index is -0.746. The van der Waals surface area contributed by atoms with Crippen LogP contribution < -0.4 is 29.1 Å². The van der Waals surface area contributed by atoms with E-state index in [0.717, 1.165) is 15.8 Å². The highest BCUT2D eigenvalue weighted by atomic mass is 79.9. The number of benzene rings is 2. The van der Waals surface area contributed by atoms with Crippen LogP contribution in [-0.4, -0.2) is 37.5 Å². The summed E-state index contributed by atoms with van der Waals surface area (Å²) in [5.74, 6) is 1.29. The van der Waals surface area contributed by atoms with Gasteiger partial charge in [-0.3, -0.25) is 9.36 Å². The Morgan fingerprint density at radius 1 is 1.05 bits per heavy atom. The Labute approximate surface area is 233 Å². The summed E-state index contributed by atoms with van der Waals surface area (Å²) in [5.41, 5.74) is 2.06. The molecule has 0 fully saturated rings. The van der Waals surface area contributed by atoms with Gasteiger partial charge in [-0.1, -0.05) is 23.5 Å². The number of ether oxygens (including phenoxy) is 4. The first-order valence-corrected chi connectivity index (χ1v) is 13.9. The first kappa shape index (κ1) is 27.7. The molecule has 0 spiro atoms. The summed E-state index contributed by atoms with van der Waals surface area (Å²) in [5, 5.41) is 0. The summed E-state index contributed by atoms with van der Waals surface area (Å²) in [6.45, 7) is 8.48. The molecule has 0 aliphatic carbocycles. The monoisotopic (exact) mass is 600 g/mol. The molecule has 1 aliphatic rings. The first-order valence-electron chi connectivity index (χ1n) is 12.3. The number of carbonyl (C=O) groups is 1. The number of allylic oxidation sites excluding steroid dienone is 1. The van der Waals surface area contributed by atoms with E-state index in [9.17, 15) is 9.59 Å². The van der Waals surface area contributed by atoms with E-state index in [-0.39, 0.29) is 12.2 Å². The Morgan fingerprint density at radius 2 is 1.76 bits per heavy atom. The summed E-state index contributed by atoms with van der Waals surface area (Å²) in [4.78, 5) is 32.1. The first-order chi connectivity index (χ1) is 18.3. The zero-order valence-corrected chi connectivity index (χ0v) is 24.3. The van der Waals surface area contributed by atoms with Gasteiger partial charge in [0, 0.05) is 0 Å². The minimum absolute atomic E-state index is 0.201. The number of rotatable bonds is 9. The summed E-state index contributed by atoms with van der Waals surface area (Å²) in [7, 11) is 1.56. The Morgan fingerprint density at radius 3 is 2.42 bits per heavy atom. The Hall–Kier alpha value is -3.37. The number of nitrogens with zero attached hydrogens (tertiary/aromatic N) is 2. The van der Waals surface area contributed by atoms with E-state index in [2.05, 4.69) is 20.9 Å². The van der Waals surface area contributed by atoms with Crippen LogP contribution >= 0.6 is 27.3 Å². The quantitative estimate of drug-likeness (QED) is 0.339. The van der Waals surface area contributed by atoms with Gasteiger partial charge in [-0.05, 0) is 85.1 Å². The van der Waals surface area contributed by atoms with E-state index in [0.29, 0.717) is 50.9 Å². The van der Waals surface area contributed by atoms with Crippen molar-refractivity contribution in [2.24, 2.45) is 4.99 Å². The van der Waals surface area contributed by atoms with E-state index < -0.39 is 12.0 Å². The van der Waals surface area contributed by atoms with Crippen LogP contribution in [0.25, 0.3) is 6.08 Å². The van der Waals surface area contributed by atoms with Gasteiger partial charge < -0.3 is 18.9 Å². The molecule has 0 saturated carbocycles. The van der Waals surface area contributed by atoms with Gasteiger partial charge in [0.2, 0.25) is 0 Å². The number of methoxy groups -OCH3 is 1. The van der Waals surface area contributed by atoms with E-state index >= 15 is 0 Å². The summed E-state index contributed by atoms with van der Waals surface area (Å²) in [6.07, 6.45) is 1.81. The van der Waals surface area contributed by atoms with Crippen LogP contribution in [0, 0.1) is 0 Å². The number of hydrogen-bond acceptors (Lipinski definition) is 8. The maximum absolute atomic E-state index is 13.8. The van der Waals surface area contributed by atoms with Gasteiger partial charge in [-0.25, -0.2) is 9.79 Å². The van der Waals surface area contributed by atoms with Crippen LogP contribution in [-0.2, 0) is 9.53 Å². The molecule has 0 N–H and O–H groups in total. The highest BCUT2D eigenvalue weighted by molar-refractivity contribution is 9.10. The SMILES string of the molecule is CCOC(=O)C1=C(C)N=c2s/c(=C\c3ccc(OCC)c(Br)c3)c(=O)n2[C@@H]1c1ccc(OC)c(OCC)c1. The van der Waals surface area contributed by atoms with Gasteiger partial charge in [0.1, 0.15) is 5.75 Å². The standard InChI is InChI=1S/C28H29BrN2O6S/c1-6-35-20-11-9-17(13-19(20)29)14-23-26(32)31-25(18-10-12-21(34-5)22(15-18)36-7-2)24(27(33)37-8-3)16(4)30-28(31)38-23/h9-15,25H,6-8H2,1-5H3/b23-14-/t25-/m1/s1. The second-order valence-electron chi connectivity index (χ2n) is 8.27. The zero-order valence-electron chi connectivity index (χ0n) is 21.9. The van der Waals surface area contributed by atoms with E-state index in [1.807, 2.05) is 44.2 Å². The lowest BCUT2D eigenvalue weighted by atomic mass is 9.95. The number of esters is 1. The Balaban J connectivity index is 1.92. The van der Waals surface area contributed by atoms with Gasteiger partial charge in [0.05, 0.1) is 53.2 Å². The van der Waals surface area contributed by atoms with Crippen molar-refractivity contribution in [3.8, 4) is 17.2 Å². The van der Waals surface area contributed by atoms with Crippen LogP contribution in [0.2, 0.25) is 0 Å². The number of hydrogen-bond donors (Lipinski definition) is 0. The number of carbonyl (C=O) groups excluding carboxylic acids is 1. The van der Waals surface area contributed by atoms with Crippen molar-refractivity contribution in [3.05, 3.63) is 83.0 Å². The highest BCUT2D eigenvalue weighted by Gasteiger charge is 2.34. The normalized spacial score (nSPS) is 15.1. The number of halogens is 1. The summed E-state index contributed by atoms with van der Waals surface area (Å²) >= 11 is 4.80. The molecule has 4 rings (SSSR count). The van der Waals surface area contributed by atoms with Gasteiger partial charge in [0.25, 0.3) is 5.56 Å². The zero-order chi connectivity index (χ0) is 27.4. The molecular weight excluding hydrogens is 572 g/mol. The third-order valence-electron chi connectivity index (χ3n) is 5.87. The predicted molar refractivity (Wildman–Crippen MR) is 150 cm³/mol. The molecule has 2 aromatic carbocycles. The minimum Gasteiger partial charge on any atom is -0.493 e. The predicted octanol–water partition coefficient (Wildman–Crippen LogP) is 4.37.